The largest absolute Gasteiger partial charge is 0.457 e. The SMILES string of the molecule is CCC(C(=O)NC1CCCCC1)N(Cc1ccccc1)C(=O)CN(c1ccc(Oc2ccccc2)cc1)S(=O)(=O)c1ccccc1. The zero-order chi connectivity index (χ0) is 32.4. The van der Waals surface area contributed by atoms with Gasteiger partial charge in [-0.2, -0.15) is 0 Å². The van der Waals surface area contributed by atoms with Gasteiger partial charge in [0.2, 0.25) is 11.8 Å². The standard InChI is InChI=1S/C37H41N3O5S/c1-2-35(37(42)38-30-17-9-4-10-18-30)39(27-29-15-7-3-8-16-29)36(41)28-40(46(43,44)34-21-13-6-14-22-34)31-23-25-33(26-24-31)45-32-19-11-5-12-20-32/h3,5-8,11-16,19-26,30,35H,2,4,9-10,17-18,27-28H2,1H3,(H,38,42). The molecule has 0 saturated heterocycles. The van der Waals surface area contributed by atoms with Gasteiger partial charge in [-0.15, -0.1) is 0 Å². The summed E-state index contributed by atoms with van der Waals surface area (Å²) in [4.78, 5) is 29.6. The van der Waals surface area contributed by atoms with Crippen molar-refractivity contribution in [3.05, 3.63) is 121 Å². The molecule has 1 fully saturated rings. The molecule has 240 valence electrons. The van der Waals surface area contributed by atoms with Crippen molar-refractivity contribution in [1.29, 1.82) is 0 Å². The number of benzene rings is 4. The van der Waals surface area contributed by atoms with Crippen molar-refractivity contribution >= 4 is 27.5 Å². The van der Waals surface area contributed by atoms with Gasteiger partial charge in [-0.05, 0) is 73.4 Å². The summed E-state index contributed by atoms with van der Waals surface area (Å²) in [6.07, 6.45) is 5.51. The first-order valence-corrected chi connectivity index (χ1v) is 17.3. The number of nitrogens with zero attached hydrogens (tertiary/aromatic N) is 2. The zero-order valence-corrected chi connectivity index (χ0v) is 26.9. The second-order valence-corrected chi connectivity index (χ2v) is 13.4. The first-order valence-electron chi connectivity index (χ1n) is 15.9. The quantitative estimate of drug-likeness (QED) is 0.171. The molecule has 0 bridgehead atoms. The molecule has 1 aliphatic carbocycles. The van der Waals surface area contributed by atoms with Gasteiger partial charge in [0.05, 0.1) is 10.6 Å². The summed E-state index contributed by atoms with van der Waals surface area (Å²) in [5, 5.41) is 3.18. The number of sulfonamides is 1. The summed E-state index contributed by atoms with van der Waals surface area (Å²) in [5.41, 5.74) is 1.15. The minimum Gasteiger partial charge on any atom is -0.457 e. The first kappa shape index (κ1) is 32.8. The summed E-state index contributed by atoms with van der Waals surface area (Å²) in [6.45, 7) is 1.55. The fourth-order valence-corrected chi connectivity index (χ4v) is 7.23. The van der Waals surface area contributed by atoms with E-state index in [9.17, 15) is 18.0 Å². The van der Waals surface area contributed by atoms with Crippen LogP contribution in [0.15, 0.2) is 120 Å². The molecule has 1 atom stereocenters. The third-order valence-electron chi connectivity index (χ3n) is 8.25. The van der Waals surface area contributed by atoms with E-state index in [2.05, 4.69) is 5.32 Å². The van der Waals surface area contributed by atoms with E-state index in [1.54, 1.807) is 42.5 Å². The second-order valence-electron chi connectivity index (χ2n) is 11.5. The van der Waals surface area contributed by atoms with Crippen LogP contribution in [0.1, 0.15) is 51.0 Å². The lowest BCUT2D eigenvalue weighted by molar-refractivity contribution is -0.140. The van der Waals surface area contributed by atoms with Crippen molar-refractivity contribution in [3.63, 3.8) is 0 Å². The molecule has 8 nitrogen and oxygen atoms in total. The van der Waals surface area contributed by atoms with Gasteiger partial charge in [-0.25, -0.2) is 8.42 Å². The molecule has 0 heterocycles. The highest BCUT2D eigenvalue weighted by Crippen LogP contribution is 2.29. The molecule has 4 aromatic rings. The van der Waals surface area contributed by atoms with Crippen LogP contribution in [-0.4, -0.2) is 43.8 Å². The van der Waals surface area contributed by atoms with E-state index < -0.39 is 28.5 Å². The summed E-state index contributed by atoms with van der Waals surface area (Å²) in [7, 11) is -4.16. The van der Waals surface area contributed by atoms with Gasteiger partial charge in [0.15, 0.2) is 0 Å². The van der Waals surface area contributed by atoms with Crippen molar-refractivity contribution < 1.29 is 22.7 Å². The van der Waals surface area contributed by atoms with Crippen molar-refractivity contribution in [2.75, 3.05) is 10.8 Å². The Morgan fingerprint density at radius 3 is 1.96 bits per heavy atom. The molecule has 0 aromatic heterocycles. The van der Waals surface area contributed by atoms with Gasteiger partial charge < -0.3 is 15.0 Å². The number of rotatable bonds is 13. The minimum atomic E-state index is -4.16. The van der Waals surface area contributed by atoms with Crippen LogP contribution in [0.2, 0.25) is 0 Å². The molecule has 0 radical (unpaired) electrons. The predicted octanol–water partition coefficient (Wildman–Crippen LogP) is 6.93. The van der Waals surface area contributed by atoms with Gasteiger partial charge in [-0.3, -0.25) is 13.9 Å². The number of para-hydroxylation sites is 1. The number of hydrogen-bond acceptors (Lipinski definition) is 5. The number of hydrogen-bond donors (Lipinski definition) is 1. The fraction of sp³-hybridized carbons (Fsp3) is 0.297. The van der Waals surface area contributed by atoms with Gasteiger partial charge in [0.1, 0.15) is 24.1 Å². The van der Waals surface area contributed by atoms with Crippen LogP contribution in [0.5, 0.6) is 11.5 Å². The van der Waals surface area contributed by atoms with Crippen molar-refractivity contribution in [2.24, 2.45) is 0 Å². The van der Waals surface area contributed by atoms with E-state index in [-0.39, 0.29) is 23.4 Å². The summed E-state index contributed by atoms with van der Waals surface area (Å²) < 4.78 is 35.2. The Hall–Kier alpha value is -4.63. The third-order valence-corrected chi connectivity index (χ3v) is 10.0. The zero-order valence-electron chi connectivity index (χ0n) is 26.1. The highest BCUT2D eigenvalue weighted by molar-refractivity contribution is 7.92. The lowest BCUT2D eigenvalue weighted by atomic mass is 9.95. The molecule has 1 unspecified atom stereocenters. The van der Waals surface area contributed by atoms with Gasteiger partial charge in [0.25, 0.3) is 10.0 Å². The number of ether oxygens (including phenoxy) is 1. The van der Waals surface area contributed by atoms with E-state index in [4.69, 9.17) is 4.74 Å². The lowest BCUT2D eigenvalue weighted by Crippen LogP contribution is -2.54. The number of nitrogens with one attached hydrogen (secondary N) is 1. The normalized spacial score (nSPS) is 14.2. The number of anilines is 1. The number of carbonyl (C=O) groups is 2. The second kappa shape index (κ2) is 15.6. The van der Waals surface area contributed by atoms with Gasteiger partial charge >= 0.3 is 0 Å². The van der Waals surface area contributed by atoms with Crippen LogP contribution in [0, 0.1) is 0 Å². The van der Waals surface area contributed by atoms with E-state index in [0.717, 1.165) is 42.0 Å². The van der Waals surface area contributed by atoms with Crippen LogP contribution in [0.3, 0.4) is 0 Å². The molecule has 9 heteroatoms. The molecule has 46 heavy (non-hydrogen) atoms. The maximum absolute atomic E-state index is 14.3. The predicted molar refractivity (Wildman–Crippen MR) is 180 cm³/mol. The third kappa shape index (κ3) is 8.34. The molecule has 1 aliphatic rings. The highest BCUT2D eigenvalue weighted by Gasteiger charge is 2.34. The topological polar surface area (TPSA) is 96.0 Å². The Morgan fingerprint density at radius 2 is 1.35 bits per heavy atom. The summed E-state index contributed by atoms with van der Waals surface area (Å²) >= 11 is 0. The summed E-state index contributed by atoms with van der Waals surface area (Å²) in [5.74, 6) is 0.486. The molecule has 0 spiro atoms. The Morgan fingerprint density at radius 1 is 0.783 bits per heavy atom. The first-order chi connectivity index (χ1) is 22.3. The average Bonchev–Trinajstić information content (AvgIpc) is 3.09. The Balaban J connectivity index is 1.46. The molecule has 1 saturated carbocycles. The van der Waals surface area contributed by atoms with Crippen LogP contribution < -0.4 is 14.4 Å². The van der Waals surface area contributed by atoms with Gasteiger partial charge in [0, 0.05) is 12.6 Å². The van der Waals surface area contributed by atoms with Crippen molar-refractivity contribution in [1.82, 2.24) is 10.2 Å². The number of amides is 2. The van der Waals surface area contributed by atoms with E-state index in [1.165, 1.54) is 17.0 Å². The smallest absolute Gasteiger partial charge is 0.264 e. The lowest BCUT2D eigenvalue weighted by Gasteiger charge is -2.34. The van der Waals surface area contributed by atoms with Crippen molar-refractivity contribution in [3.8, 4) is 11.5 Å². The van der Waals surface area contributed by atoms with E-state index in [0.29, 0.717) is 23.6 Å². The van der Waals surface area contributed by atoms with Crippen LogP contribution in [0.25, 0.3) is 0 Å². The molecular formula is C37H41N3O5S. The maximum Gasteiger partial charge on any atom is 0.264 e. The average molecular weight is 640 g/mol. The van der Waals surface area contributed by atoms with Crippen LogP contribution in [0.4, 0.5) is 5.69 Å². The Labute approximate surface area is 272 Å². The molecule has 4 aromatic carbocycles. The fourth-order valence-electron chi connectivity index (χ4n) is 5.80. The highest BCUT2D eigenvalue weighted by atomic mass is 32.2. The van der Waals surface area contributed by atoms with E-state index in [1.807, 2.05) is 67.6 Å². The maximum atomic E-state index is 14.3. The van der Waals surface area contributed by atoms with Gasteiger partial charge in [-0.1, -0.05) is 92.9 Å². The monoisotopic (exact) mass is 639 g/mol. The molecule has 0 aliphatic heterocycles. The molecule has 2 amide bonds. The minimum absolute atomic E-state index is 0.0594. The molecule has 1 N–H and O–H groups in total. The summed E-state index contributed by atoms with van der Waals surface area (Å²) in [6, 6.07) is 32.7. The number of carbonyl (C=O) groups excluding carboxylic acids is 2. The molecular weight excluding hydrogens is 598 g/mol. The van der Waals surface area contributed by atoms with E-state index >= 15 is 0 Å². The van der Waals surface area contributed by atoms with Crippen LogP contribution >= 0.6 is 0 Å². The Bertz CT molecular complexity index is 1660. The van der Waals surface area contributed by atoms with Crippen LogP contribution in [-0.2, 0) is 26.2 Å². The Kier molecular flexibility index (Phi) is 11.1. The molecule has 5 rings (SSSR count). The van der Waals surface area contributed by atoms with Crippen molar-refractivity contribution in [2.45, 2.75) is 69.0 Å².